The molecule has 0 bridgehead atoms. The van der Waals surface area contributed by atoms with Gasteiger partial charge in [-0.2, -0.15) is 0 Å². The van der Waals surface area contributed by atoms with Crippen molar-refractivity contribution < 1.29 is 0 Å². The summed E-state index contributed by atoms with van der Waals surface area (Å²) in [6.45, 7) is 3.86. The predicted molar refractivity (Wildman–Crippen MR) is 127 cm³/mol. The SMILES string of the molecule is CN(C)CCN(Cc1ccccc1)Cc1cccc(-c2ccc3[nH]c(=O)sc3c2)c1. The Morgan fingerprint density at radius 3 is 2.33 bits per heavy atom. The van der Waals surface area contributed by atoms with E-state index in [0.29, 0.717) is 0 Å². The quantitative estimate of drug-likeness (QED) is 0.447. The fourth-order valence-electron chi connectivity index (χ4n) is 3.63. The third-order valence-electron chi connectivity index (χ3n) is 5.20. The Balaban J connectivity index is 1.56. The lowest BCUT2D eigenvalue weighted by Gasteiger charge is -2.24. The smallest absolute Gasteiger partial charge is 0.305 e. The Kier molecular flexibility index (Phi) is 6.43. The van der Waals surface area contributed by atoms with Crippen molar-refractivity contribution in [1.82, 2.24) is 14.8 Å². The number of nitrogens with one attached hydrogen (secondary N) is 1. The second-order valence-electron chi connectivity index (χ2n) is 7.93. The summed E-state index contributed by atoms with van der Waals surface area (Å²) < 4.78 is 1.000. The minimum absolute atomic E-state index is 0.00616. The second kappa shape index (κ2) is 9.39. The highest BCUT2D eigenvalue weighted by atomic mass is 32.1. The highest BCUT2D eigenvalue weighted by molar-refractivity contribution is 7.16. The van der Waals surface area contributed by atoms with Gasteiger partial charge < -0.3 is 9.88 Å². The summed E-state index contributed by atoms with van der Waals surface area (Å²) in [5.41, 5.74) is 5.86. The average Bonchev–Trinajstić information content (AvgIpc) is 3.12. The maximum absolute atomic E-state index is 11.6. The van der Waals surface area contributed by atoms with Crippen LogP contribution in [0.15, 0.2) is 77.6 Å². The van der Waals surface area contributed by atoms with Crippen molar-refractivity contribution in [1.29, 1.82) is 0 Å². The van der Waals surface area contributed by atoms with Crippen LogP contribution in [0.4, 0.5) is 0 Å². The van der Waals surface area contributed by atoms with Gasteiger partial charge in [-0.05, 0) is 54.5 Å². The first-order chi connectivity index (χ1) is 14.6. The summed E-state index contributed by atoms with van der Waals surface area (Å²) in [6, 6.07) is 25.6. The van der Waals surface area contributed by atoms with Crippen LogP contribution in [0.5, 0.6) is 0 Å². The largest absolute Gasteiger partial charge is 0.312 e. The molecule has 0 amide bonds. The molecule has 0 saturated heterocycles. The number of aromatic nitrogens is 1. The Morgan fingerprint density at radius 1 is 0.800 bits per heavy atom. The molecular weight excluding hydrogens is 390 g/mol. The molecule has 5 heteroatoms. The van der Waals surface area contributed by atoms with Crippen LogP contribution in [0.2, 0.25) is 0 Å². The number of benzene rings is 3. The molecule has 0 aliphatic carbocycles. The molecule has 0 fully saturated rings. The Hall–Kier alpha value is -2.73. The molecule has 1 aromatic heterocycles. The van der Waals surface area contributed by atoms with E-state index in [-0.39, 0.29) is 4.87 Å². The maximum Gasteiger partial charge on any atom is 0.305 e. The molecule has 3 aromatic carbocycles. The number of likely N-dealkylation sites (N-methyl/N-ethyl adjacent to an activating group) is 1. The number of rotatable bonds is 8. The van der Waals surface area contributed by atoms with E-state index in [0.717, 1.165) is 42.0 Å². The molecule has 4 aromatic rings. The lowest BCUT2D eigenvalue weighted by Crippen LogP contribution is -2.31. The van der Waals surface area contributed by atoms with Crippen LogP contribution in [-0.2, 0) is 13.1 Å². The zero-order valence-electron chi connectivity index (χ0n) is 17.5. The van der Waals surface area contributed by atoms with Crippen LogP contribution >= 0.6 is 11.3 Å². The molecule has 30 heavy (non-hydrogen) atoms. The fraction of sp³-hybridized carbons (Fsp3) is 0.240. The van der Waals surface area contributed by atoms with Gasteiger partial charge in [-0.25, -0.2) is 0 Å². The molecule has 0 radical (unpaired) electrons. The first kappa shape index (κ1) is 20.5. The lowest BCUT2D eigenvalue weighted by molar-refractivity contribution is 0.226. The molecule has 4 rings (SSSR count). The van der Waals surface area contributed by atoms with Crippen molar-refractivity contribution in [3.05, 3.63) is 93.6 Å². The van der Waals surface area contributed by atoms with E-state index in [1.807, 2.05) is 6.07 Å². The summed E-state index contributed by atoms with van der Waals surface area (Å²) in [5.74, 6) is 0. The van der Waals surface area contributed by atoms with E-state index < -0.39 is 0 Å². The van der Waals surface area contributed by atoms with Gasteiger partial charge in [0.2, 0.25) is 0 Å². The van der Waals surface area contributed by atoms with Crippen molar-refractivity contribution >= 4 is 21.6 Å². The highest BCUT2D eigenvalue weighted by Crippen LogP contribution is 2.26. The van der Waals surface area contributed by atoms with Gasteiger partial charge in [-0.15, -0.1) is 0 Å². The van der Waals surface area contributed by atoms with Crippen molar-refractivity contribution in [3.63, 3.8) is 0 Å². The van der Waals surface area contributed by atoms with E-state index in [1.165, 1.54) is 28.0 Å². The Morgan fingerprint density at radius 2 is 1.53 bits per heavy atom. The summed E-state index contributed by atoms with van der Waals surface area (Å²) >= 11 is 1.26. The maximum atomic E-state index is 11.6. The monoisotopic (exact) mass is 417 g/mol. The summed E-state index contributed by atoms with van der Waals surface area (Å²) in [6.07, 6.45) is 0. The molecule has 0 saturated carbocycles. The topological polar surface area (TPSA) is 39.3 Å². The second-order valence-corrected chi connectivity index (χ2v) is 8.94. The number of hydrogen-bond donors (Lipinski definition) is 1. The van der Waals surface area contributed by atoms with Gasteiger partial charge in [-0.1, -0.05) is 65.9 Å². The van der Waals surface area contributed by atoms with Crippen molar-refractivity contribution in [2.75, 3.05) is 27.2 Å². The van der Waals surface area contributed by atoms with Gasteiger partial charge in [-0.3, -0.25) is 9.69 Å². The molecule has 1 N–H and O–H groups in total. The summed E-state index contributed by atoms with van der Waals surface area (Å²) in [4.78, 5) is 19.2. The first-order valence-corrected chi connectivity index (χ1v) is 11.0. The van der Waals surface area contributed by atoms with E-state index in [2.05, 4.69) is 95.6 Å². The number of fused-ring (bicyclic) bond motifs is 1. The summed E-state index contributed by atoms with van der Waals surface area (Å²) in [5, 5.41) is 0. The zero-order chi connectivity index (χ0) is 20.9. The molecule has 154 valence electrons. The Labute approximate surface area is 181 Å². The molecule has 0 aliphatic heterocycles. The average molecular weight is 418 g/mol. The molecule has 0 spiro atoms. The molecule has 0 unspecified atom stereocenters. The number of aromatic amines is 1. The lowest BCUT2D eigenvalue weighted by atomic mass is 10.0. The molecule has 1 heterocycles. The minimum Gasteiger partial charge on any atom is -0.312 e. The van der Waals surface area contributed by atoms with Gasteiger partial charge in [0.15, 0.2) is 0 Å². The summed E-state index contributed by atoms with van der Waals surface area (Å²) in [7, 11) is 4.24. The third-order valence-corrected chi connectivity index (χ3v) is 6.05. The predicted octanol–water partition coefficient (Wildman–Crippen LogP) is 4.82. The molecule has 0 aliphatic rings. The van der Waals surface area contributed by atoms with Crippen LogP contribution in [0.1, 0.15) is 11.1 Å². The van der Waals surface area contributed by atoms with E-state index in [4.69, 9.17) is 0 Å². The molecule has 4 nitrogen and oxygen atoms in total. The van der Waals surface area contributed by atoms with Gasteiger partial charge in [0, 0.05) is 26.2 Å². The zero-order valence-corrected chi connectivity index (χ0v) is 18.3. The first-order valence-electron chi connectivity index (χ1n) is 10.2. The molecule has 0 atom stereocenters. The van der Waals surface area contributed by atoms with Crippen LogP contribution < -0.4 is 4.87 Å². The van der Waals surface area contributed by atoms with Crippen LogP contribution in [0.3, 0.4) is 0 Å². The number of hydrogen-bond acceptors (Lipinski definition) is 4. The standard InChI is InChI=1S/C25H27N3OS/c1-27(2)13-14-28(17-19-7-4-3-5-8-19)18-20-9-6-10-21(15-20)22-11-12-23-24(16-22)30-25(29)26-23/h3-12,15-16H,13-14,17-18H2,1-2H3,(H,26,29). The van der Waals surface area contributed by atoms with Crippen molar-refractivity contribution in [3.8, 4) is 11.1 Å². The normalized spacial score (nSPS) is 11.6. The van der Waals surface area contributed by atoms with E-state index in [1.54, 1.807) is 0 Å². The van der Waals surface area contributed by atoms with Gasteiger partial charge in [0.1, 0.15) is 0 Å². The molecular formula is C25H27N3OS. The van der Waals surface area contributed by atoms with Crippen LogP contribution in [0, 0.1) is 0 Å². The highest BCUT2D eigenvalue weighted by Gasteiger charge is 2.10. The van der Waals surface area contributed by atoms with Gasteiger partial charge in [0.25, 0.3) is 0 Å². The Bertz CT molecular complexity index is 1160. The van der Waals surface area contributed by atoms with E-state index in [9.17, 15) is 4.79 Å². The van der Waals surface area contributed by atoms with Crippen molar-refractivity contribution in [2.24, 2.45) is 0 Å². The van der Waals surface area contributed by atoms with Crippen molar-refractivity contribution in [2.45, 2.75) is 13.1 Å². The van der Waals surface area contributed by atoms with Crippen LogP contribution in [0.25, 0.3) is 21.3 Å². The van der Waals surface area contributed by atoms with Gasteiger partial charge >= 0.3 is 4.87 Å². The third kappa shape index (κ3) is 5.25. The number of thiazole rings is 1. The van der Waals surface area contributed by atoms with E-state index >= 15 is 0 Å². The number of nitrogens with zero attached hydrogens (tertiary/aromatic N) is 2. The van der Waals surface area contributed by atoms with Crippen LogP contribution in [-0.4, -0.2) is 42.0 Å². The number of H-pyrrole nitrogens is 1. The minimum atomic E-state index is -0.00616. The fourth-order valence-corrected chi connectivity index (χ4v) is 4.41. The van der Waals surface area contributed by atoms with Gasteiger partial charge in [0.05, 0.1) is 10.2 Å².